The lowest BCUT2D eigenvalue weighted by Gasteiger charge is -2.36. The number of benzene rings is 2. The highest BCUT2D eigenvalue weighted by atomic mass is 16.5. The Morgan fingerprint density at radius 1 is 1.05 bits per heavy atom. The van der Waals surface area contributed by atoms with Gasteiger partial charge in [-0.25, -0.2) is 0 Å². The largest absolute Gasteiger partial charge is 0.379 e. The SMILES string of the molecule is COC(C(NN)c1cccc2ccccc12)C(C)(C)C. The monoisotopic (exact) mass is 272 g/mol. The van der Waals surface area contributed by atoms with Crippen molar-refractivity contribution in [3.05, 3.63) is 48.0 Å². The Bertz CT molecular complexity index is 569. The fourth-order valence-electron chi connectivity index (χ4n) is 2.85. The summed E-state index contributed by atoms with van der Waals surface area (Å²) in [6.45, 7) is 6.49. The molecule has 3 nitrogen and oxygen atoms in total. The maximum Gasteiger partial charge on any atom is 0.0827 e. The molecule has 20 heavy (non-hydrogen) atoms. The van der Waals surface area contributed by atoms with E-state index in [1.165, 1.54) is 16.3 Å². The van der Waals surface area contributed by atoms with Crippen molar-refractivity contribution in [2.45, 2.75) is 32.9 Å². The maximum absolute atomic E-state index is 5.84. The van der Waals surface area contributed by atoms with E-state index in [4.69, 9.17) is 10.6 Å². The highest BCUT2D eigenvalue weighted by molar-refractivity contribution is 5.86. The summed E-state index contributed by atoms with van der Waals surface area (Å²) in [6, 6.07) is 14.6. The van der Waals surface area contributed by atoms with Crippen LogP contribution in [0.25, 0.3) is 10.8 Å². The number of hydrogen-bond acceptors (Lipinski definition) is 3. The zero-order valence-corrected chi connectivity index (χ0v) is 12.7. The molecule has 2 rings (SSSR count). The topological polar surface area (TPSA) is 47.3 Å². The van der Waals surface area contributed by atoms with E-state index in [0.29, 0.717) is 0 Å². The van der Waals surface area contributed by atoms with Crippen LogP contribution in [0.2, 0.25) is 0 Å². The average molecular weight is 272 g/mol. The minimum absolute atomic E-state index is 0.0112. The molecule has 0 heterocycles. The Hall–Kier alpha value is -1.42. The number of ether oxygens (including phenoxy) is 1. The Labute approximate surface area is 121 Å². The average Bonchev–Trinajstić information content (AvgIpc) is 2.42. The van der Waals surface area contributed by atoms with Gasteiger partial charge in [-0.15, -0.1) is 0 Å². The molecular weight excluding hydrogens is 248 g/mol. The van der Waals surface area contributed by atoms with Gasteiger partial charge in [0.25, 0.3) is 0 Å². The van der Waals surface area contributed by atoms with E-state index in [9.17, 15) is 0 Å². The molecule has 0 aliphatic heterocycles. The number of fused-ring (bicyclic) bond motifs is 1. The molecule has 0 radical (unpaired) electrons. The molecule has 0 saturated heterocycles. The number of rotatable bonds is 4. The molecule has 0 aliphatic carbocycles. The summed E-state index contributed by atoms with van der Waals surface area (Å²) in [5, 5.41) is 2.43. The smallest absolute Gasteiger partial charge is 0.0827 e. The molecule has 0 fully saturated rings. The first kappa shape index (κ1) is 15.0. The van der Waals surface area contributed by atoms with Gasteiger partial charge < -0.3 is 4.74 Å². The lowest BCUT2D eigenvalue weighted by molar-refractivity contribution is -0.0116. The van der Waals surface area contributed by atoms with Crippen LogP contribution in [0.15, 0.2) is 42.5 Å². The van der Waals surface area contributed by atoms with Gasteiger partial charge in [0.1, 0.15) is 0 Å². The third kappa shape index (κ3) is 2.85. The van der Waals surface area contributed by atoms with E-state index < -0.39 is 0 Å². The van der Waals surface area contributed by atoms with Crippen molar-refractivity contribution >= 4 is 10.8 Å². The molecule has 0 amide bonds. The fraction of sp³-hybridized carbons (Fsp3) is 0.412. The van der Waals surface area contributed by atoms with Crippen LogP contribution < -0.4 is 11.3 Å². The molecule has 2 aromatic carbocycles. The minimum atomic E-state index is -0.0499. The molecule has 0 aromatic heterocycles. The van der Waals surface area contributed by atoms with Crippen molar-refractivity contribution in [1.82, 2.24) is 5.43 Å². The number of hydrazine groups is 1. The van der Waals surface area contributed by atoms with E-state index in [-0.39, 0.29) is 17.6 Å². The van der Waals surface area contributed by atoms with Gasteiger partial charge in [0.15, 0.2) is 0 Å². The fourth-order valence-corrected chi connectivity index (χ4v) is 2.85. The highest BCUT2D eigenvalue weighted by Crippen LogP contribution is 2.34. The summed E-state index contributed by atoms with van der Waals surface area (Å²) in [5.41, 5.74) is 4.11. The van der Waals surface area contributed by atoms with Crippen LogP contribution in [0, 0.1) is 5.41 Å². The Balaban J connectivity index is 2.54. The van der Waals surface area contributed by atoms with Crippen LogP contribution in [0.5, 0.6) is 0 Å². The van der Waals surface area contributed by atoms with Gasteiger partial charge in [-0.2, -0.15) is 0 Å². The van der Waals surface area contributed by atoms with Crippen LogP contribution >= 0.6 is 0 Å². The van der Waals surface area contributed by atoms with Gasteiger partial charge in [0, 0.05) is 7.11 Å². The summed E-state index contributed by atoms with van der Waals surface area (Å²) in [5.74, 6) is 5.84. The molecule has 2 unspecified atom stereocenters. The first-order valence-electron chi connectivity index (χ1n) is 6.95. The maximum atomic E-state index is 5.84. The second-order valence-corrected chi connectivity index (χ2v) is 6.24. The van der Waals surface area contributed by atoms with E-state index in [1.54, 1.807) is 7.11 Å². The molecule has 2 aromatic rings. The first-order valence-corrected chi connectivity index (χ1v) is 6.95. The van der Waals surface area contributed by atoms with Gasteiger partial charge in [0.2, 0.25) is 0 Å². The second kappa shape index (κ2) is 5.92. The quantitative estimate of drug-likeness (QED) is 0.662. The van der Waals surface area contributed by atoms with Gasteiger partial charge in [-0.3, -0.25) is 11.3 Å². The van der Waals surface area contributed by atoms with Crippen molar-refractivity contribution in [2.24, 2.45) is 11.3 Å². The van der Waals surface area contributed by atoms with Crippen molar-refractivity contribution in [3.8, 4) is 0 Å². The molecular formula is C17H24N2O. The van der Waals surface area contributed by atoms with Crippen LogP contribution in [-0.2, 0) is 4.74 Å². The van der Waals surface area contributed by atoms with Crippen molar-refractivity contribution < 1.29 is 4.74 Å². The summed E-state index contributed by atoms with van der Waals surface area (Å²) < 4.78 is 5.73. The van der Waals surface area contributed by atoms with Crippen molar-refractivity contribution in [2.75, 3.05) is 7.11 Å². The van der Waals surface area contributed by atoms with Crippen LogP contribution in [0.1, 0.15) is 32.4 Å². The summed E-state index contributed by atoms with van der Waals surface area (Å²) in [7, 11) is 1.74. The number of methoxy groups -OCH3 is 1. The minimum Gasteiger partial charge on any atom is -0.379 e. The predicted octanol–water partition coefficient (Wildman–Crippen LogP) is 3.41. The van der Waals surface area contributed by atoms with E-state index >= 15 is 0 Å². The van der Waals surface area contributed by atoms with E-state index in [1.807, 2.05) is 0 Å². The van der Waals surface area contributed by atoms with E-state index in [0.717, 1.165) is 0 Å². The van der Waals surface area contributed by atoms with Gasteiger partial charge in [0.05, 0.1) is 12.1 Å². The molecule has 3 heteroatoms. The first-order chi connectivity index (χ1) is 9.49. The van der Waals surface area contributed by atoms with Crippen molar-refractivity contribution in [1.29, 1.82) is 0 Å². The molecule has 2 atom stereocenters. The van der Waals surface area contributed by atoms with E-state index in [2.05, 4.69) is 68.7 Å². The summed E-state index contributed by atoms with van der Waals surface area (Å²) in [4.78, 5) is 0. The molecule has 3 N–H and O–H groups in total. The van der Waals surface area contributed by atoms with Crippen LogP contribution in [0.4, 0.5) is 0 Å². The van der Waals surface area contributed by atoms with Gasteiger partial charge in [-0.05, 0) is 21.8 Å². The lowest BCUT2D eigenvalue weighted by Crippen LogP contribution is -2.44. The number of nitrogens with one attached hydrogen (secondary N) is 1. The third-order valence-corrected chi connectivity index (χ3v) is 3.75. The van der Waals surface area contributed by atoms with Crippen LogP contribution in [0.3, 0.4) is 0 Å². The standard InChI is InChI=1S/C17H24N2O/c1-17(2,3)16(20-4)15(19-18)14-11-7-9-12-8-5-6-10-13(12)14/h5-11,15-16,19H,18H2,1-4H3. The predicted molar refractivity (Wildman–Crippen MR) is 84.3 cm³/mol. The zero-order chi connectivity index (χ0) is 14.8. The number of nitrogens with two attached hydrogens (primary N) is 1. The molecule has 108 valence electrons. The Morgan fingerprint density at radius 3 is 2.30 bits per heavy atom. The highest BCUT2D eigenvalue weighted by Gasteiger charge is 2.33. The Morgan fingerprint density at radius 2 is 1.70 bits per heavy atom. The molecule has 0 bridgehead atoms. The molecule has 0 aliphatic rings. The number of hydrogen-bond donors (Lipinski definition) is 2. The summed E-state index contributed by atoms with van der Waals surface area (Å²) in [6.07, 6.45) is -0.0155. The molecule has 0 saturated carbocycles. The van der Waals surface area contributed by atoms with Crippen molar-refractivity contribution in [3.63, 3.8) is 0 Å². The van der Waals surface area contributed by atoms with Gasteiger partial charge in [-0.1, -0.05) is 63.2 Å². The second-order valence-electron chi connectivity index (χ2n) is 6.24. The summed E-state index contributed by atoms with van der Waals surface area (Å²) >= 11 is 0. The zero-order valence-electron chi connectivity index (χ0n) is 12.7. The normalized spacial score (nSPS) is 15.2. The van der Waals surface area contributed by atoms with Gasteiger partial charge >= 0.3 is 0 Å². The third-order valence-electron chi connectivity index (χ3n) is 3.75. The van der Waals surface area contributed by atoms with Crippen LogP contribution in [-0.4, -0.2) is 13.2 Å². The lowest BCUT2D eigenvalue weighted by atomic mass is 9.81. The Kier molecular flexibility index (Phi) is 4.43. The molecule has 0 spiro atoms.